The first-order chi connectivity index (χ1) is 12.0. The number of benzene rings is 2. The van der Waals surface area contributed by atoms with Crippen LogP contribution in [0, 0.1) is 5.82 Å². The highest BCUT2D eigenvalue weighted by molar-refractivity contribution is 9.10. The van der Waals surface area contributed by atoms with Crippen molar-refractivity contribution in [1.82, 2.24) is 0 Å². The van der Waals surface area contributed by atoms with Gasteiger partial charge in [-0.2, -0.15) is 0 Å². The summed E-state index contributed by atoms with van der Waals surface area (Å²) in [5.74, 6) is -0.636. The Morgan fingerprint density at radius 1 is 0.923 bits per heavy atom. The van der Waals surface area contributed by atoms with Gasteiger partial charge in [0.25, 0.3) is 0 Å². The number of Topliss-reactive ketones (excluding diaryl/α,β-unsaturated/α-hetero) is 2. The first-order valence-electron chi connectivity index (χ1n) is 7.31. The van der Waals surface area contributed by atoms with Crippen molar-refractivity contribution in [1.29, 1.82) is 0 Å². The molecule has 26 heavy (non-hydrogen) atoms. The Hall–Kier alpha value is -0.950. The summed E-state index contributed by atoms with van der Waals surface area (Å²) in [6.45, 7) is 2.88. The number of carbonyl (C=O) groups is 2. The van der Waals surface area contributed by atoms with Crippen LogP contribution >= 0.6 is 55.1 Å². The van der Waals surface area contributed by atoms with Gasteiger partial charge in [0, 0.05) is 27.4 Å². The second-order valence-electron chi connectivity index (χ2n) is 5.46. The van der Waals surface area contributed by atoms with E-state index in [1.54, 1.807) is 24.3 Å². The fourth-order valence-corrected chi connectivity index (χ4v) is 2.96. The number of halogens is 5. The summed E-state index contributed by atoms with van der Waals surface area (Å²) in [6, 6.07) is 6.56. The largest absolute Gasteiger partial charge is 0.506 e. The van der Waals surface area contributed by atoms with E-state index in [-0.39, 0.29) is 40.2 Å². The molecule has 0 heterocycles. The van der Waals surface area contributed by atoms with E-state index < -0.39 is 5.82 Å². The van der Waals surface area contributed by atoms with Crippen LogP contribution in [-0.2, 0) is 22.4 Å². The summed E-state index contributed by atoms with van der Waals surface area (Å²) in [6.07, 6.45) is 0.289. The van der Waals surface area contributed by atoms with Gasteiger partial charge in [0.1, 0.15) is 23.1 Å². The molecule has 2 aromatic rings. The van der Waals surface area contributed by atoms with E-state index in [0.29, 0.717) is 20.1 Å². The van der Waals surface area contributed by atoms with Crippen molar-refractivity contribution in [2.75, 3.05) is 0 Å². The molecule has 2 aromatic carbocycles. The van der Waals surface area contributed by atoms with E-state index in [4.69, 9.17) is 23.2 Å². The number of hydrogen-bond donors (Lipinski definition) is 1. The quantitative estimate of drug-likeness (QED) is 0.473. The maximum atomic E-state index is 13.3. The van der Waals surface area contributed by atoms with Crippen LogP contribution in [0.4, 0.5) is 4.39 Å². The minimum atomic E-state index is -0.522. The van der Waals surface area contributed by atoms with E-state index in [1.165, 1.54) is 13.8 Å². The van der Waals surface area contributed by atoms with Crippen LogP contribution < -0.4 is 0 Å². The molecule has 0 aromatic heterocycles. The third-order valence-electron chi connectivity index (χ3n) is 3.15. The summed E-state index contributed by atoms with van der Waals surface area (Å²) in [5.41, 5.74) is 0.890. The van der Waals surface area contributed by atoms with Crippen LogP contribution in [0.3, 0.4) is 0 Å². The van der Waals surface area contributed by atoms with Gasteiger partial charge in [-0.1, -0.05) is 35.3 Å². The number of phenols is 1. The standard InChI is InChI=1S/C9H7BrClFO.C9H8BrClO2/c1-5(13)4-6-2-3-7(10)8(11)9(6)12;1-5(12)4-6-2-3-7(10)8(11)9(6)13/h2-3H,4H2,1H3;2-3,13H,4H2,1H3. The van der Waals surface area contributed by atoms with Crippen molar-refractivity contribution in [3.8, 4) is 5.75 Å². The Morgan fingerprint density at radius 2 is 1.35 bits per heavy atom. The van der Waals surface area contributed by atoms with Crippen molar-refractivity contribution in [2.45, 2.75) is 26.7 Å². The number of aromatic hydroxyl groups is 1. The predicted molar refractivity (Wildman–Crippen MR) is 109 cm³/mol. The van der Waals surface area contributed by atoms with Gasteiger partial charge in [0.15, 0.2) is 0 Å². The van der Waals surface area contributed by atoms with Crippen molar-refractivity contribution >= 4 is 66.6 Å². The molecule has 0 saturated heterocycles. The number of phenolic OH excluding ortho intramolecular Hbond substituents is 1. The molecular weight excluding hydrogens is 514 g/mol. The number of ketones is 2. The van der Waals surface area contributed by atoms with Crippen LogP contribution in [0.25, 0.3) is 0 Å². The van der Waals surface area contributed by atoms with Crippen LogP contribution in [0.1, 0.15) is 25.0 Å². The molecule has 140 valence electrons. The van der Waals surface area contributed by atoms with Crippen LogP contribution in [0.15, 0.2) is 33.2 Å². The van der Waals surface area contributed by atoms with Gasteiger partial charge in [-0.05, 0) is 63.4 Å². The van der Waals surface area contributed by atoms with Crippen LogP contribution in [0.5, 0.6) is 5.75 Å². The maximum Gasteiger partial charge on any atom is 0.146 e. The van der Waals surface area contributed by atoms with Crippen LogP contribution in [-0.4, -0.2) is 16.7 Å². The summed E-state index contributed by atoms with van der Waals surface area (Å²) >= 11 is 17.7. The number of carbonyl (C=O) groups excluding carboxylic acids is 2. The number of hydrogen-bond acceptors (Lipinski definition) is 3. The Labute approximate surface area is 177 Å². The lowest BCUT2D eigenvalue weighted by Crippen LogP contribution is -1.99. The lowest BCUT2D eigenvalue weighted by atomic mass is 10.1. The third-order valence-corrected chi connectivity index (χ3v) is 5.68. The van der Waals surface area contributed by atoms with Crippen molar-refractivity contribution < 1.29 is 19.1 Å². The average molecular weight is 529 g/mol. The zero-order chi connectivity index (χ0) is 20.0. The molecule has 0 radical (unpaired) electrons. The fraction of sp³-hybridized carbons (Fsp3) is 0.222. The van der Waals surface area contributed by atoms with Gasteiger partial charge in [-0.25, -0.2) is 4.39 Å². The van der Waals surface area contributed by atoms with Gasteiger partial charge in [-0.15, -0.1) is 0 Å². The molecule has 0 atom stereocenters. The molecule has 2 rings (SSSR count). The molecule has 0 aliphatic heterocycles. The summed E-state index contributed by atoms with van der Waals surface area (Å²) < 4.78 is 14.4. The Morgan fingerprint density at radius 3 is 1.85 bits per heavy atom. The molecule has 0 amide bonds. The van der Waals surface area contributed by atoms with E-state index in [2.05, 4.69) is 31.9 Å². The van der Waals surface area contributed by atoms with Crippen molar-refractivity contribution in [2.24, 2.45) is 0 Å². The first kappa shape index (κ1) is 23.1. The van der Waals surface area contributed by atoms with Gasteiger partial charge >= 0.3 is 0 Å². The molecule has 0 aliphatic carbocycles. The monoisotopic (exact) mass is 526 g/mol. The molecule has 0 saturated carbocycles. The second-order valence-corrected chi connectivity index (χ2v) is 7.93. The zero-order valence-electron chi connectivity index (χ0n) is 13.9. The average Bonchev–Trinajstić information content (AvgIpc) is 2.56. The van der Waals surface area contributed by atoms with E-state index in [0.717, 1.165) is 0 Å². The summed E-state index contributed by atoms with van der Waals surface area (Å²) in [5, 5.41) is 9.79. The molecule has 0 aliphatic rings. The van der Waals surface area contributed by atoms with E-state index >= 15 is 0 Å². The first-order valence-corrected chi connectivity index (χ1v) is 9.65. The van der Waals surface area contributed by atoms with Crippen molar-refractivity contribution in [3.63, 3.8) is 0 Å². The third kappa shape index (κ3) is 6.65. The highest BCUT2D eigenvalue weighted by Crippen LogP contribution is 2.34. The molecule has 8 heteroatoms. The van der Waals surface area contributed by atoms with Crippen LogP contribution in [0.2, 0.25) is 10.0 Å². The number of rotatable bonds is 4. The molecular formula is C18H15Br2Cl2FO3. The van der Waals surface area contributed by atoms with Gasteiger partial charge in [0.05, 0.1) is 10.0 Å². The maximum absolute atomic E-state index is 13.3. The van der Waals surface area contributed by atoms with Gasteiger partial charge < -0.3 is 5.11 Å². The predicted octanol–water partition coefficient (Wildman–Crippen LogP) is 6.31. The molecule has 1 N–H and O–H groups in total. The minimum Gasteiger partial charge on any atom is -0.506 e. The highest BCUT2D eigenvalue weighted by atomic mass is 79.9. The lowest BCUT2D eigenvalue weighted by molar-refractivity contribution is -0.117. The van der Waals surface area contributed by atoms with E-state index in [9.17, 15) is 19.1 Å². The second kappa shape index (κ2) is 10.4. The smallest absolute Gasteiger partial charge is 0.146 e. The lowest BCUT2D eigenvalue weighted by Gasteiger charge is -2.05. The topological polar surface area (TPSA) is 54.4 Å². The molecule has 0 spiro atoms. The van der Waals surface area contributed by atoms with Gasteiger partial charge in [0.2, 0.25) is 0 Å². The summed E-state index contributed by atoms with van der Waals surface area (Å²) in [7, 11) is 0. The molecule has 3 nitrogen and oxygen atoms in total. The van der Waals surface area contributed by atoms with E-state index in [1.807, 2.05) is 0 Å². The molecule has 0 bridgehead atoms. The molecule has 0 fully saturated rings. The normalized spacial score (nSPS) is 10.1. The Bertz CT molecular complexity index is 772. The summed E-state index contributed by atoms with van der Waals surface area (Å²) in [4.78, 5) is 21.5. The Balaban J connectivity index is 0.000000260. The van der Waals surface area contributed by atoms with Crippen molar-refractivity contribution in [3.05, 3.63) is 60.2 Å². The fourth-order valence-electron chi connectivity index (χ4n) is 1.96. The SMILES string of the molecule is CC(=O)Cc1ccc(Br)c(Cl)c1F.CC(=O)Cc1ccc(Br)c(Cl)c1O. The minimum absolute atomic E-state index is 0.00584. The Kier molecular flexibility index (Phi) is 9.24. The zero-order valence-corrected chi connectivity index (χ0v) is 18.6. The van der Waals surface area contributed by atoms with Gasteiger partial charge in [-0.3, -0.25) is 9.59 Å². The highest BCUT2D eigenvalue weighted by Gasteiger charge is 2.11. The molecule has 0 unspecified atom stereocenters.